The van der Waals surface area contributed by atoms with Crippen molar-refractivity contribution in [1.29, 1.82) is 0 Å². The van der Waals surface area contributed by atoms with Gasteiger partial charge in [0.15, 0.2) is 5.78 Å². The normalized spacial score (nSPS) is 11.2. The fraction of sp³-hybridized carbons (Fsp3) is 0.294. The van der Waals surface area contributed by atoms with E-state index in [0.717, 1.165) is 9.54 Å². The second kappa shape index (κ2) is 7.44. The first-order valence-electron chi connectivity index (χ1n) is 7.53. The minimum absolute atomic E-state index is 0.0204. The largest absolute Gasteiger partial charge is 0.466 e. The summed E-state index contributed by atoms with van der Waals surface area (Å²) in [5, 5.41) is 0. The minimum Gasteiger partial charge on any atom is -0.466 e. The van der Waals surface area contributed by atoms with Crippen LogP contribution in [0.1, 0.15) is 35.7 Å². The van der Waals surface area contributed by atoms with Crippen molar-refractivity contribution in [3.63, 3.8) is 0 Å². The number of hydrogen-bond acceptors (Lipinski definition) is 5. The summed E-state index contributed by atoms with van der Waals surface area (Å²) in [6.45, 7) is 3.82. The highest BCUT2D eigenvalue weighted by molar-refractivity contribution is 7.90. The van der Waals surface area contributed by atoms with Crippen molar-refractivity contribution in [2.75, 3.05) is 6.61 Å². The number of ketones is 1. The molecule has 0 saturated carbocycles. The third-order valence-electron chi connectivity index (χ3n) is 3.45. The molecule has 0 spiro atoms. The monoisotopic (exact) mass is 349 g/mol. The van der Waals surface area contributed by atoms with Crippen LogP contribution in [0.25, 0.3) is 0 Å². The van der Waals surface area contributed by atoms with Gasteiger partial charge in [-0.25, -0.2) is 12.4 Å². The predicted octanol–water partition coefficient (Wildman–Crippen LogP) is 2.56. The van der Waals surface area contributed by atoms with Crippen LogP contribution in [0.5, 0.6) is 0 Å². The summed E-state index contributed by atoms with van der Waals surface area (Å²) in [4.78, 5) is 23.5. The summed E-state index contributed by atoms with van der Waals surface area (Å²) < 4.78 is 30.8. The van der Waals surface area contributed by atoms with E-state index in [1.165, 1.54) is 30.6 Å². The van der Waals surface area contributed by atoms with Crippen molar-refractivity contribution >= 4 is 21.8 Å². The van der Waals surface area contributed by atoms with Crippen LogP contribution in [0.2, 0.25) is 0 Å². The number of carbonyl (C=O) groups excluding carboxylic acids is 2. The zero-order valence-corrected chi connectivity index (χ0v) is 14.4. The maximum Gasteiger partial charge on any atom is 0.306 e. The Hall–Kier alpha value is -2.41. The molecule has 0 amide bonds. The number of ether oxygens (including phenoxy) is 1. The molecule has 0 unspecified atom stereocenters. The second-order valence-electron chi connectivity index (χ2n) is 5.28. The highest BCUT2D eigenvalue weighted by atomic mass is 32.2. The predicted molar refractivity (Wildman–Crippen MR) is 88.4 cm³/mol. The summed E-state index contributed by atoms with van der Waals surface area (Å²) in [5.74, 6) is -0.751. The molecule has 6 nitrogen and oxygen atoms in total. The second-order valence-corrected chi connectivity index (χ2v) is 7.12. The molecule has 0 atom stereocenters. The molecule has 0 aliphatic rings. The first-order valence-corrected chi connectivity index (χ1v) is 8.97. The van der Waals surface area contributed by atoms with Crippen LogP contribution in [0.15, 0.2) is 47.6 Å². The molecule has 1 aromatic carbocycles. The number of aryl methyl sites for hydroxylation is 1. The Kier molecular flexibility index (Phi) is 5.56. The quantitative estimate of drug-likeness (QED) is 0.567. The van der Waals surface area contributed by atoms with Crippen molar-refractivity contribution in [3.05, 3.63) is 53.9 Å². The lowest BCUT2D eigenvalue weighted by molar-refractivity contribution is -0.143. The first-order chi connectivity index (χ1) is 11.3. The standard InChI is InChI=1S/C17H19NO5S/c1-3-23-17(20)9-8-16(19)14-10-11-18(12-14)24(21,22)15-6-4-13(2)5-7-15/h4-7,10-12H,3,8-9H2,1-2H3. The van der Waals surface area contributed by atoms with Gasteiger partial charge in [0, 0.05) is 24.4 Å². The highest BCUT2D eigenvalue weighted by Gasteiger charge is 2.18. The molecule has 0 bridgehead atoms. The minimum atomic E-state index is -3.74. The molecule has 0 N–H and O–H groups in total. The van der Waals surface area contributed by atoms with Crippen molar-refractivity contribution in [1.82, 2.24) is 3.97 Å². The molecular formula is C17H19NO5S. The molecule has 1 heterocycles. The number of carbonyl (C=O) groups is 2. The van der Waals surface area contributed by atoms with Gasteiger partial charge in [-0.1, -0.05) is 17.7 Å². The van der Waals surface area contributed by atoms with E-state index < -0.39 is 16.0 Å². The third kappa shape index (κ3) is 4.11. The van der Waals surface area contributed by atoms with Gasteiger partial charge in [-0.15, -0.1) is 0 Å². The SMILES string of the molecule is CCOC(=O)CCC(=O)c1ccn(S(=O)(=O)c2ccc(C)cc2)c1. The van der Waals surface area contributed by atoms with E-state index in [2.05, 4.69) is 0 Å². The van der Waals surface area contributed by atoms with Gasteiger partial charge in [0.1, 0.15) is 0 Å². The Bertz CT molecular complexity index is 834. The first kappa shape index (κ1) is 17.9. The third-order valence-corrected chi connectivity index (χ3v) is 5.10. The van der Waals surface area contributed by atoms with Crippen molar-refractivity contribution in [3.8, 4) is 0 Å². The van der Waals surface area contributed by atoms with Gasteiger partial charge < -0.3 is 4.74 Å². The number of esters is 1. The summed E-state index contributed by atoms with van der Waals surface area (Å²) in [6.07, 6.45) is 2.55. The number of nitrogens with zero attached hydrogens (tertiary/aromatic N) is 1. The Labute approximate surface area is 141 Å². The van der Waals surface area contributed by atoms with Crippen LogP contribution in [0, 0.1) is 6.92 Å². The van der Waals surface area contributed by atoms with E-state index in [0.29, 0.717) is 0 Å². The van der Waals surface area contributed by atoms with Gasteiger partial charge in [0.25, 0.3) is 10.0 Å². The zero-order valence-electron chi connectivity index (χ0n) is 13.6. The van der Waals surface area contributed by atoms with Crippen molar-refractivity contribution in [2.45, 2.75) is 31.6 Å². The summed E-state index contributed by atoms with van der Waals surface area (Å²) in [6, 6.07) is 7.89. The van der Waals surface area contributed by atoms with E-state index in [4.69, 9.17) is 4.74 Å². The Morgan fingerprint density at radius 2 is 1.75 bits per heavy atom. The van der Waals surface area contributed by atoms with Crippen LogP contribution in [0.3, 0.4) is 0 Å². The Morgan fingerprint density at radius 1 is 1.08 bits per heavy atom. The molecule has 128 valence electrons. The topological polar surface area (TPSA) is 82.4 Å². The van der Waals surface area contributed by atoms with Gasteiger partial charge in [-0.2, -0.15) is 0 Å². The van der Waals surface area contributed by atoms with Crippen LogP contribution >= 0.6 is 0 Å². The van der Waals surface area contributed by atoms with Gasteiger partial charge in [-0.05, 0) is 32.0 Å². The number of aromatic nitrogens is 1. The van der Waals surface area contributed by atoms with E-state index in [9.17, 15) is 18.0 Å². The van der Waals surface area contributed by atoms with Crippen LogP contribution in [-0.2, 0) is 19.6 Å². The molecule has 2 rings (SSSR count). The van der Waals surface area contributed by atoms with Gasteiger partial charge in [0.05, 0.1) is 17.9 Å². The number of rotatable bonds is 7. The lowest BCUT2D eigenvalue weighted by Gasteiger charge is -2.05. The van der Waals surface area contributed by atoms with Crippen LogP contribution in [-0.4, -0.2) is 30.7 Å². The van der Waals surface area contributed by atoms with Gasteiger partial charge in [-0.3, -0.25) is 9.59 Å². The molecule has 0 aliphatic heterocycles. The summed E-state index contributed by atoms with van der Waals surface area (Å²) in [7, 11) is -3.74. The molecule has 1 aromatic heterocycles. The van der Waals surface area contributed by atoms with E-state index in [1.54, 1.807) is 19.1 Å². The zero-order chi connectivity index (χ0) is 17.7. The maximum absolute atomic E-state index is 12.5. The van der Waals surface area contributed by atoms with Crippen molar-refractivity contribution in [2.24, 2.45) is 0 Å². The van der Waals surface area contributed by atoms with E-state index in [1.807, 2.05) is 6.92 Å². The molecule has 24 heavy (non-hydrogen) atoms. The van der Waals surface area contributed by atoms with Gasteiger partial charge >= 0.3 is 5.97 Å². The molecule has 0 saturated heterocycles. The molecule has 0 aliphatic carbocycles. The molecule has 2 aromatic rings. The molecule has 0 radical (unpaired) electrons. The van der Waals surface area contributed by atoms with Gasteiger partial charge in [0.2, 0.25) is 0 Å². The Morgan fingerprint density at radius 3 is 2.38 bits per heavy atom. The molecular weight excluding hydrogens is 330 g/mol. The fourth-order valence-electron chi connectivity index (χ4n) is 2.12. The molecule has 0 fully saturated rings. The van der Waals surface area contributed by atoms with Crippen LogP contribution in [0.4, 0.5) is 0 Å². The van der Waals surface area contributed by atoms with Crippen molar-refractivity contribution < 1.29 is 22.7 Å². The lowest BCUT2D eigenvalue weighted by atomic mass is 10.1. The number of benzene rings is 1. The van der Waals surface area contributed by atoms with E-state index in [-0.39, 0.29) is 35.7 Å². The Balaban J connectivity index is 2.13. The van der Waals surface area contributed by atoms with Crippen LogP contribution < -0.4 is 0 Å². The number of hydrogen-bond donors (Lipinski definition) is 0. The average Bonchev–Trinajstić information content (AvgIpc) is 3.04. The fourth-order valence-corrected chi connectivity index (χ4v) is 3.31. The summed E-state index contributed by atoms with van der Waals surface area (Å²) >= 11 is 0. The number of Topliss-reactive ketones (excluding diaryl/α,β-unsaturated/α-hetero) is 1. The van der Waals surface area contributed by atoms with E-state index >= 15 is 0 Å². The lowest BCUT2D eigenvalue weighted by Crippen LogP contribution is -2.11. The summed E-state index contributed by atoms with van der Waals surface area (Å²) in [5.41, 5.74) is 1.20. The maximum atomic E-state index is 12.5. The smallest absolute Gasteiger partial charge is 0.306 e. The molecule has 7 heteroatoms. The average molecular weight is 349 g/mol. The highest BCUT2D eigenvalue weighted by Crippen LogP contribution is 2.17.